The summed E-state index contributed by atoms with van der Waals surface area (Å²) < 4.78 is 5.83. The summed E-state index contributed by atoms with van der Waals surface area (Å²) in [5.74, 6) is 0.915. The van der Waals surface area contributed by atoms with Crippen LogP contribution in [0.15, 0.2) is 24.3 Å². The van der Waals surface area contributed by atoms with Gasteiger partial charge in [0.25, 0.3) is 0 Å². The van der Waals surface area contributed by atoms with Crippen molar-refractivity contribution in [2.45, 2.75) is 49.9 Å². The van der Waals surface area contributed by atoms with Gasteiger partial charge in [0.2, 0.25) is 0 Å². The molecule has 1 heterocycles. The Balaban J connectivity index is 1.53. The van der Waals surface area contributed by atoms with Crippen LogP contribution in [0, 0.1) is 0 Å². The molecule has 1 aliphatic heterocycles. The standard InChI is InChI=1S/C16H21NO2/c18-16(8-9-17(11-16)13-4-5-13)12-2-1-3-15(10-12)19-14-6-7-14/h1-3,10,13-14,18H,4-9,11H2. The molecular weight excluding hydrogens is 238 g/mol. The average molecular weight is 259 g/mol. The molecule has 1 unspecified atom stereocenters. The van der Waals surface area contributed by atoms with Crippen LogP contribution in [0.25, 0.3) is 0 Å². The topological polar surface area (TPSA) is 32.7 Å². The number of hydrogen-bond acceptors (Lipinski definition) is 3. The summed E-state index contributed by atoms with van der Waals surface area (Å²) in [5, 5.41) is 10.9. The van der Waals surface area contributed by atoms with Crippen LogP contribution >= 0.6 is 0 Å². The number of benzene rings is 1. The van der Waals surface area contributed by atoms with Crippen LogP contribution in [-0.4, -0.2) is 35.2 Å². The van der Waals surface area contributed by atoms with Gasteiger partial charge in [-0.15, -0.1) is 0 Å². The van der Waals surface area contributed by atoms with Crippen LogP contribution in [0.1, 0.15) is 37.7 Å². The van der Waals surface area contributed by atoms with E-state index in [-0.39, 0.29) is 0 Å². The Bertz CT molecular complexity index is 481. The van der Waals surface area contributed by atoms with Gasteiger partial charge in [0.1, 0.15) is 11.4 Å². The summed E-state index contributed by atoms with van der Waals surface area (Å²) in [4.78, 5) is 2.44. The van der Waals surface area contributed by atoms with Crippen LogP contribution < -0.4 is 4.74 Å². The van der Waals surface area contributed by atoms with E-state index in [0.717, 1.165) is 36.9 Å². The predicted molar refractivity (Wildman–Crippen MR) is 73.2 cm³/mol. The van der Waals surface area contributed by atoms with Gasteiger partial charge in [-0.3, -0.25) is 4.90 Å². The third kappa shape index (κ3) is 2.37. The van der Waals surface area contributed by atoms with E-state index in [9.17, 15) is 5.11 Å². The molecular formula is C16H21NO2. The fourth-order valence-corrected chi connectivity index (χ4v) is 3.05. The molecule has 2 aliphatic carbocycles. The lowest BCUT2D eigenvalue weighted by Crippen LogP contribution is -2.31. The fourth-order valence-electron chi connectivity index (χ4n) is 3.05. The molecule has 0 spiro atoms. The summed E-state index contributed by atoms with van der Waals surface area (Å²) in [5.41, 5.74) is 0.347. The Hall–Kier alpha value is -1.06. The first-order valence-corrected chi connectivity index (χ1v) is 7.47. The molecule has 0 aromatic heterocycles. The Labute approximate surface area is 114 Å². The SMILES string of the molecule is OC1(c2cccc(OC3CC3)c2)CCN(C2CC2)C1. The summed E-state index contributed by atoms with van der Waals surface area (Å²) in [6, 6.07) is 8.81. The predicted octanol–water partition coefficient (Wildman–Crippen LogP) is 2.28. The van der Waals surface area contributed by atoms with E-state index in [1.807, 2.05) is 24.3 Å². The van der Waals surface area contributed by atoms with E-state index in [1.54, 1.807) is 0 Å². The van der Waals surface area contributed by atoms with Crippen molar-refractivity contribution >= 4 is 0 Å². The van der Waals surface area contributed by atoms with Gasteiger partial charge in [0.05, 0.1) is 6.10 Å². The zero-order valence-electron chi connectivity index (χ0n) is 11.2. The van der Waals surface area contributed by atoms with Gasteiger partial charge < -0.3 is 9.84 Å². The highest BCUT2D eigenvalue weighted by molar-refractivity contribution is 5.34. The minimum atomic E-state index is -0.675. The number of hydrogen-bond donors (Lipinski definition) is 1. The van der Waals surface area contributed by atoms with Crippen molar-refractivity contribution in [1.82, 2.24) is 4.90 Å². The average Bonchev–Trinajstić information content (AvgIpc) is 3.32. The molecule has 1 saturated heterocycles. The number of rotatable bonds is 4. The van der Waals surface area contributed by atoms with Crippen LogP contribution in [0.2, 0.25) is 0 Å². The Kier molecular flexibility index (Phi) is 2.61. The van der Waals surface area contributed by atoms with Crippen molar-refractivity contribution in [3.63, 3.8) is 0 Å². The first kappa shape index (κ1) is 11.7. The quantitative estimate of drug-likeness (QED) is 0.900. The lowest BCUT2D eigenvalue weighted by molar-refractivity contribution is 0.0449. The maximum absolute atomic E-state index is 10.9. The summed E-state index contributed by atoms with van der Waals surface area (Å²) in [7, 11) is 0. The van der Waals surface area contributed by atoms with Crippen molar-refractivity contribution in [3.8, 4) is 5.75 Å². The first-order valence-electron chi connectivity index (χ1n) is 7.47. The van der Waals surface area contributed by atoms with Gasteiger partial charge >= 0.3 is 0 Å². The van der Waals surface area contributed by atoms with Gasteiger partial charge in [0.15, 0.2) is 0 Å². The summed E-state index contributed by atoms with van der Waals surface area (Å²) in [6.07, 6.45) is 6.21. The van der Waals surface area contributed by atoms with Crippen LogP contribution in [-0.2, 0) is 5.60 Å². The minimum Gasteiger partial charge on any atom is -0.490 e. The second-order valence-electron chi connectivity index (χ2n) is 6.33. The molecule has 102 valence electrons. The van der Waals surface area contributed by atoms with Gasteiger partial charge in [-0.05, 0) is 49.8 Å². The van der Waals surface area contributed by atoms with Crippen molar-refractivity contribution in [2.24, 2.45) is 0 Å². The molecule has 1 N–H and O–H groups in total. The highest BCUT2D eigenvalue weighted by Gasteiger charge is 2.43. The Morgan fingerprint density at radius 1 is 1.21 bits per heavy atom. The zero-order chi connectivity index (χ0) is 12.9. The number of ether oxygens (including phenoxy) is 1. The molecule has 3 heteroatoms. The Morgan fingerprint density at radius 2 is 2.05 bits per heavy atom. The van der Waals surface area contributed by atoms with E-state index < -0.39 is 5.60 Å². The van der Waals surface area contributed by atoms with Crippen molar-refractivity contribution in [1.29, 1.82) is 0 Å². The normalized spacial score (nSPS) is 31.6. The summed E-state index contributed by atoms with van der Waals surface area (Å²) >= 11 is 0. The van der Waals surface area contributed by atoms with E-state index in [0.29, 0.717) is 6.10 Å². The fraction of sp³-hybridized carbons (Fsp3) is 0.625. The number of likely N-dealkylation sites (tertiary alicyclic amines) is 1. The number of aliphatic hydroxyl groups is 1. The van der Waals surface area contributed by atoms with Crippen molar-refractivity contribution < 1.29 is 9.84 Å². The van der Waals surface area contributed by atoms with Crippen LogP contribution in [0.3, 0.4) is 0 Å². The molecule has 3 nitrogen and oxygen atoms in total. The maximum atomic E-state index is 10.9. The molecule has 0 amide bonds. The molecule has 4 rings (SSSR count). The van der Waals surface area contributed by atoms with E-state index in [1.165, 1.54) is 25.7 Å². The summed E-state index contributed by atoms with van der Waals surface area (Å²) in [6.45, 7) is 1.80. The van der Waals surface area contributed by atoms with Crippen molar-refractivity contribution in [2.75, 3.05) is 13.1 Å². The highest BCUT2D eigenvalue weighted by Crippen LogP contribution is 2.39. The molecule has 0 bridgehead atoms. The van der Waals surface area contributed by atoms with Crippen LogP contribution in [0.4, 0.5) is 0 Å². The molecule has 1 aromatic rings. The lowest BCUT2D eigenvalue weighted by atomic mass is 9.93. The second kappa shape index (κ2) is 4.22. The zero-order valence-corrected chi connectivity index (χ0v) is 11.2. The van der Waals surface area contributed by atoms with Gasteiger partial charge in [0, 0.05) is 19.1 Å². The number of β-amino-alcohol motifs (C(OH)–C–C–N with tert-alkyl or cyclic N) is 1. The minimum absolute atomic E-state index is 0.413. The lowest BCUT2D eigenvalue weighted by Gasteiger charge is -2.24. The molecule has 1 aromatic carbocycles. The maximum Gasteiger partial charge on any atom is 0.120 e. The van der Waals surface area contributed by atoms with Crippen molar-refractivity contribution in [3.05, 3.63) is 29.8 Å². The second-order valence-corrected chi connectivity index (χ2v) is 6.33. The molecule has 0 radical (unpaired) electrons. The van der Waals surface area contributed by atoms with E-state index in [2.05, 4.69) is 4.90 Å². The molecule has 1 atom stereocenters. The molecule has 3 fully saturated rings. The van der Waals surface area contributed by atoms with Gasteiger partial charge in [-0.1, -0.05) is 12.1 Å². The molecule has 3 aliphatic rings. The van der Waals surface area contributed by atoms with E-state index >= 15 is 0 Å². The molecule has 2 saturated carbocycles. The smallest absolute Gasteiger partial charge is 0.120 e. The third-order valence-corrected chi connectivity index (χ3v) is 4.54. The number of nitrogens with zero attached hydrogens (tertiary/aromatic N) is 1. The largest absolute Gasteiger partial charge is 0.490 e. The highest BCUT2D eigenvalue weighted by atomic mass is 16.5. The van der Waals surface area contributed by atoms with Gasteiger partial charge in [-0.25, -0.2) is 0 Å². The third-order valence-electron chi connectivity index (χ3n) is 4.54. The molecule has 19 heavy (non-hydrogen) atoms. The van der Waals surface area contributed by atoms with Crippen LogP contribution in [0.5, 0.6) is 5.75 Å². The first-order chi connectivity index (χ1) is 9.23. The van der Waals surface area contributed by atoms with E-state index in [4.69, 9.17) is 4.74 Å². The Morgan fingerprint density at radius 3 is 2.79 bits per heavy atom. The monoisotopic (exact) mass is 259 g/mol. The van der Waals surface area contributed by atoms with Gasteiger partial charge in [-0.2, -0.15) is 0 Å².